The van der Waals surface area contributed by atoms with Crippen molar-refractivity contribution >= 4 is 31.2 Å². The van der Waals surface area contributed by atoms with Gasteiger partial charge in [0.25, 0.3) is 0 Å². The topological polar surface area (TPSA) is 67.4 Å². The number of pyridine rings is 2. The lowest BCUT2D eigenvalue weighted by Crippen LogP contribution is -2.23. The Balaban J connectivity index is 2.12. The van der Waals surface area contributed by atoms with Crippen LogP contribution in [0, 0.1) is 0 Å². The van der Waals surface area contributed by atoms with Gasteiger partial charge in [0.2, 0.25) is 0 Å². The molecule has 0 unspecified atom stereocenters. The van der Waals surface area contributed by atoms with E-state index in [4.69, 9.17) is 13.6 Å². The van der Waals surface area contributed by atoms with Crippen LogP contribution in [0.15, 0.2) is 53.7 Å². The molecule has 2 radical (unpaired) electrons. The van der Waals surface area contributed by atoms with Crippen LogP contribution in [0.4, 0.5) is 16.0 Å². The van der Waals surface area contributed by atoms with E-state index in [1.165, 1.54) is 0 Å². The minimum atomic E-state index is -0.613. The van der Waals surface area contributed by atoms with Gasteiger partial charge in [-0.15, -0.1) is 0 Å². The second-order valence-electron chi connectivity index (χ2n) is 5.00. The summed E-state index contributed by atoms with van der Waals surface area (Å²) in [7, 11) is 7.59. The van der Waals surface area contributed by atoms with Crippen molar-refractivity contribution in [3.8, 4) is 0 Å². The van der Waals surface area contributed by atoms with Crippen molar-refractivity contribution in [1.82, 2.24) is 9.97 Å². The zero-order valence-corrected chi connectivity index (χ0v) is 13.0. The maximum absolute atomic E-state index is 12.9. The lowest BCUT2D eigenvalue weighted by atomic mass is 9.99. The number of nitrogens with two attached hydrogens (primary N) is 1. The molecule has 0 bridgehead atoms. The normalized spacial score (nSPS) is 13.3. The standard InChI is InChI=1S/C16H17BFN5/c1-11(23(2)16-6-4-13(17)9-22-16)12-3-5-15(20-8-12)21-10-14(18)7-19/h3-11H,19H2,1-2H3/t11-/m0/s1. The SMILES string of the molecule is [B]c1ccc(N(C)[C@@H](C)c2ccc(N=CC(F)=CN)nc2)nc1. The molecule has 0 saturated heterocycles. The Bertz CT molecular complexity index is 697. The van der Waals surface area contributed by atoms with E-state index in [0.29, 0.717) is 11.3 Å². The highest BCUT2D eigenvalue weighted by Crippen LogP contribution is 2.23. The van der Waals surface area contributed by atoms with Crippen LogP contribution >= 0.6 is 0 Å². The molecule has 0 aliphatic carbocycles. The molecule has 0 amide bonds. The third-order valence-corrected chi connectivity index (χ3v) is 3.45. The number of rotatable bonds is 5. The molecule has 23 heavy (non-hydrogen) atoms. The molecule has 2 heterocycles. The number of halogens is 1. The fourth-order valence-electron chi connectivity index (χ4n) is 1.92. The van der Waals surface area contributed by atoms with E-state index < -0.39 is 5.83 Å². The zero-order chi connectivity index (χ0) is 16.8. The number of anilines is 1. The lowest BCUT2D eigenvalue weighted by molar-refractivity contribution is 0.683. The van der Waals surface area contributed by atoms with Crippen molar-refractivity contribution in [2.45, 2.75) is 13.0 Å². The Hall–Kier alpha value is -2.70. The molecule has 0 aliphatic rings. The molecule has 0 spiro atoms. The van der Waals surface area contributed by atoms with Gasteiger partial charge in [0, 0.05) is 25.6 Å². The van der Waals surface area contributed by atoms with Gasteiger partial charge < -0.3 is 10.6 Å². The van der Waals surface area contributed by atoms with E-state index >= 15 is 0 Å². The van der Waals surface area contributed by atoms with Crippen molar-refractivity contribution < 1.29 is 4.39 Å². The molecule has 1 atom stereocenters. The maximum atomic E-state index is 12.9. The van der Waals surface area contributed by atoms with E-state index in [1.54, 1.807) is 24.5 Å². The number of hydrogen-bond acceptors (Lipinski definition) is 5. The van der Waals surface area contributed by atoms with Crippen molar-refractivity contribution in [1.29, 1.82) is 0 Å². The first-order valence-electron chi connectivity index (χ1n) is 7.03. The van der Waals surface area contributed by atoms with Crippen LogP contribution in [0.3, 0.4) is 0 Å². The van der Waals surface area contributed by atoms with Gasteiger partial charge in [0.15, 0.2) is 11.6 Å². The first kappa shape index (κ1) is 16.7. The number of allylic oxidation sites excluding steroid dienone is 1. The van der Waals surface area contributed by atoms with Gasteiger partial charge in [-0.25, -0.2) is 19.4 Å². The average Bonchev–Trinajstić information content (AvgIpc) is 2.59. The Kier molecular flexibility index (Phi) is 5.46. The second kappa shape index (κ2) is 7.53. The molecule has 0 fully saturated rings. The van der Waals surface area contributed by atoms with Gasteiger partial charge in [-0.2, -0.15) is 0 Å². The lowest BCUT2D eigenvalue weighted by Gasteiger charge is -2.26. The van der Waals surface area contributed by atoms with Gasteiger partial charge in [0.05, 0.1) is 12.3 Å². The summed E-state index contributed by atoms with van der Waals surface area (Å²) >= 11 is 0. The minimum absolute atomic E-state index is 0.0531. The highest BCUT2D eigenvalue weighted by Gasteiger charge is 2.13. The largest absolute Gasteiger partial charge is 0.402 e. The fraction of sp³-hybridized carbons (Fsp3) is 0.188. The van der Waals surface area contributed by atoms with Crippen molar-refractivity contribution in [3.05, 3.63) is 54.2 Å². The molecule has 0 saturated carbocycles. The Morgan fingerprint density at radius 2 is 2.09 bits per heavy atom. The Labute approximate surface area is 136 Å². The number of aliphatic imine (C=N–C) groups is 1. The Morgan fingerprint density at radius 1 is 1.30 bits per heavy atom. The van der Waals surface area contributed by atoms with E-state index in [-0.39, 0.29) is 6.04 Å². The van der Waals surface area contributed by atoms with Crippen molar-refractivity contribution in [2.24, 2.45) is 10.7 Å². The smallest absolute Gasteiger partial charge is 0.156 e. The van der Waals surface area contributed by atoms with Crippen molar-refractivity contribution in [3.63, 3.8) is 0 Å². The van der Waals surface area contributed by atoms with Crippen LogP contribution in [-0.2, 0) is 0 Å². The summed E-state index contributed by atoms with van der Waals surface area (Å²) in [6.45, 7) is 2.04. The molecule has 0 aromatic carbocycles. The van der Waals surface area contributed by atoms with Crippen LogP contribution in [-0.4, -0.2) is 31.1 Å². The molecule has 2 aromatic heterocycles. The zero-order valence-electron chi connectivity index (χ0n) is 13.0. The summed E-state index contributed by atoms with van der Waals surface area (Å²) in [5.74, 6) is 0.605. The minimum Gasteiger partial charge on any atom is -0.402 e. The third-order valence-electron chi connectivity index (χ3n) is 3.45. The predicted molar refractivity (Wildman–Crippen MR) is 92.2 cm³/mol. The molecule has 0 aliphatic heterocycles. The highest BCUT2D eigenvalue weighted by molar-refractivity contribution is 6.32. The highest BCUT2D eigenvalue weighted by atomic mass is 19.1. The summed E-state index contributed by atoms with van der Waals surface area (Å²) < 4.78 is 12.9. The summed E-state index contributed by atoms with van der Waals surface area (Å²) in [6.07, 6.45) is 5.19. The summed E-state index contributed by atoms with van der Waals surface area (Å²) in [4.78, 5) is 14.4. The van der Waals surface area contributed by atoms with Gasteiger partial charge in [-0.05, 0) is 24.6 Å². The Morgan fingerprint density at radius 3 is 2.65 bits per heavy atom. The molecule has 7 heteroatoms. The molecular formula is C16H17BFN5. The van der Waals surface area contributed by atoms with Gasteiger partial charge in [-0.3, -0.25) is 0 Å². The molecule has 116 valence electrons. The molecule has 2 rings (SSSR count). The van der Waals surface area contributed by atoms with E-state index in [9.17, 15) is 4.39 Å². The van der Waals surface area contributed by atoms with Crippen LogP contribution in [0.25, 0.3) is 0 Å². The fourth-order valence-corrected chi connectivity index (χ4v) is 1.92. The third kappa shape index (κ3) is 4.39. The van der Waals surface area contributed by atoms with Crippen LogP contribution in [0.1, 0.15) is 18.5 Å². The summed E-state index contributed by atoms with van der Waals surface area (Å²) in [5.41, 5.74) is 6.64. The first-order chi connectivity index (χ1) is 11.0. The quantitative estimate of drug-likeness (QED) is 0.677. The van der Waals surface area contributed by atoms with E-state index in [1.807, 2.05) is 31.0 Å². The molecule has 2 aromatic rings. The van der Waals surface area contributed by atoms with E-state index in [0.717, 1.165) is 23.8 Å². The molecule has 5 nitrogen and oxygen atoms in total. The monoisotopic (exact) mass is 309 g/mol. The summed E-state index contributed by atoms with van der Waals surface area (Å²) in [5, 5.41) is 0. The van der Waals surface area contributed by atoms with Crippen LogP contribution in [0.2, 0.25) is 0 Å². The maximum Gasteiger partial charge on any atom is 0.156 e. The summed E-state index contributed by atoms with van der Waals surface area (Å²) in [6, 6.07) is 7.33. The molecule has 2 N–H and O–H groups in total. The molecular weight excluding hydrogens is 292 g/mol. The van der Waals surface area contributed by atoms with E-state index in [2.05, 4.69) is 15.0 Å². The number of aromatic nitrogens is 2. The van der Waals surface area contributed by atoms with Gasteiger partial charge in [-0.1, -0.05) is 17.6 Å². The van der Waals surface area contributed by atoms with Crippen LogP contribution < -0.4 is 16.1 Å². The average molecular weight is 309 g/mol. The van der Waals surface area contributed by atoms with Crippen molar-refractivity contribution in [2.75, 3.05) is 11.9 Å². The number of hydrogen-bond donors (Lipinski definition) is 1. The van der Waals surface area contributed by atoms with Gasteiger partial charge >= 0.3 is 0 Å². The van der Waals surface area contributed by atoms with Gasteiger partial charge in [0.1, 0.15) is 13.7 Å². The van der Waals surface area contributed by atoms with Crippen LogP contribution in [0.5, 0.6) is 0 Å². The second-order valence-corrected chi connectivity index (χ2v) is 5.00. The number of nitrogens with zero attached hydrogens (tertiary/aromatic N) is 4. The first-order valence-corrected chi connectivity index (χ1v) is 7.03. The predicted octanol–water partition coefficient (Wildman–Crippen LogP) is 1.94.